The van der Waals surface area contributed by atoms with Crippen LogP contribution in [0.2, 0.25) is 0 Å². The molecule has 1 aliphatic heterocycles. The molecule has 1 aliphatic rings. The molecule has 0 aliphatic carbocycles. The highest BCUT2D eigenvalue weighted by molar-refractivity contribution is 7.89. The fourth-order valence-electron chi connectivity index (χ4n) is 1.33. The number of hydrogen-bond donors (Lipinski definition) is 1. The molecule has 0 aromatic carbocycles. The predicted molar refractivity (Wildman–Crippen MR) is 51.0 cm³/mol. The van der Waals surface area contributed by atoms with Crippen molar-refractivity contribution in [1.29, 1.82) is 5.26 Å². The maximum Gasteiger partial charge on any atom is 0.212 e. The average Bonchev–Trinajstić information content (AvgIpc) is 2.19. The third-order valence-corrected chi connectivity index (χ3v) is 3.75. The summed E-state index contributed by atoms with van der Waals surface area (Å²) in [5.74, 6) is -0.00269. The van der Waals surface area contributed by atoms with Crippen molar-refractivity contribution in [2.75, 3.05) is 19.0 Å². The van der Waals surface area contributed by atoms with Gasteiger partial charge in [-0.15, -0.1) is 0 Å². The zero-order valence-corrected chi connectivity index (χ0v) is 8.93. The number of nitriles is 1. The van der Waals surface area contributed by atoms with Crippen LogP contribution in [0.3, 0.4) is 0 Å². The number of nitrogens with zero attached hydrogens (tertiary/aromatic N) is 1. The standard InChI is InChI=1S/C8H14N2O3S/c1-2-14(11,12)10-8(7-9)3-5-13-6-4-8/h10H,2-6H2,1H3. The van der Waals surface area contributed by atoms with Gasteiger partial charge in [0.1, 0.15) is 5.54 Å². The second-order valence-electron chi connectivity index (χ2n) is 3.31. The van der Waals surface area contributed by atoms with E-state index >= 15 is 0 Å². The molecule has 14 heavy (non-hydrogen) atoms. The van der Waals surface area contributed by atoms with Crippen LogP contribution in [0.1, 0.15) is 19.8 Å². The van der Waals surface area contributed by atoms with Gasteiger partial charge in [0.2, 0.25) is 10.0 Å². The molecule has 1 saturated heterocycles. The first-order chi connectivity index (χ1) is 6.54. The lowest BCUT2D eigenvalue weighted by molar-refractivity contribution is 0.0652. The Kier molecular flexibility index (Phi) is 3.48. The fraction of sp³-hybridized carbons (Fsp3) is 0.875. The van der Waals surface area contributed by atoms with Crippen molar-refractivity contribution >= 4 is 10.0 Å². The second-order valence-corrected chi connectivity index (χ2v) is 5.32. The van der Waals surface area contributed by atoms with Gasteiger partial charge < -0.3 is 4.74 Å². The van der Waals surface area contributed by atoms with Crippen LogP contribution < -0.4 is 4.72 Å². The van der Waals surface area contributed by atoms with E-state index in [2.05, 4.69) is 4.72 Å². The minimum Gasteiger partial charge on any atom is -0.381 e. The van der Waals surface area contributed by atoms with E-state index in [0.717, 1.165) is 0 Å². The molecule has 0 bridgehead atoms. The summed E-state index contributed by atoms with van der Waals surface area (Å²) < 4.78 is 30.2. The summed E-state index contributed by atoms with van der Waals surface area (Å²) in [7, 11) is -3.32. The van der Waals surface area contributed by atoms with Crippen LogP contribution in [0, 0.1) is 11.3 Å². The molecule has 0 spiro atoms. The van der Waals surface area contributed by atoms with Crippen molar-refractivity contribution in [1.82, 2.24) is 4.72 Å². The molecule has 0 aromatic rings. The molecule has 1 heterocycles. The van der Waals surface area contributed by atoms with E-state index in [9.17, 15) is 8.42 Å². The largest absolute Gasteiger partial charge is 0.381 e. The third-order valence-electron chi connectivity index (χ3n) is 2.29. The quantitative estimate of drug-likeness (QED) is 0.723. The summed E-state index contributed by atoms with van der Waals surface area (Å²) in [6.45, 7) is 2.41. The van der Waals surface area contributed by atoms with E-state index in [0.29, 0.717) is 26.1 Å². The number of sulfonamides is 1. The first-order valence-corrected chi connectivity index (χ1v) is 6.19. The smallest absolute Gasteiger partial charge is 0.212 e. The molecule has 5 nitrogen and oxygen atoms in total. The lowest BCUT2D eigenvalue weighted by Crippen LogP contribution is -2.51. The van der Waals surface area contributed by atoms with Gasteiger partial charge in [0.25, 0.3) is 0 Å². The Balaban J connectivity index is 2.77. The predicted octanol–water partition coefficient (Wildman–Crippen LogP) is -0.00152. The molecule has 0 aromatic heterocycles. The minimum atomic E-state index is -3.32. The number of rotatable bonds is 3. The highest BCUT2D eigenvalue weighted by Gasteiger charge is 2.35. The zero-order valence-electron chi connectivity index (χ0n) is 8.12. The summed E-state index contributed by atoms with van der Waals surface area (Å²) in [6.07, 6.45) is 0.839. The van der Waals surface area contributed by atoms with Gasteiger partial charge in [-0.25, -0.2) is 8.42 Å². The van der Waals surface area contributed by atoms with Gasteiger partial charge in [-0.05, 0) is 6.92 Å². The van der Waals surface area contributed by atoms with Crippen LogP contribution in [0.5, 0.6) is 0 Å². The second kappa shape index (κ2) is 4.26. The molecular formula is C8H14N2O3S. The van der Waals surface area contributed by atoms with Gasteiger partial charge >= 0.3 is 0 Å². The Morgan fingerprint density at radius 2 is 2.07 bits per heavy atom. The van der Waals surface area contributed by atoms with Gasteiger partial charge in [-0.3, -0.25) is 0 Å². The first kappa shape index (κ1) is 11.4. The lowest BCUT2D eigenvalue weighted by atomic mass is 9.93. The molecule has 0 unspecified atom stereocenters. The maximum atomic E-state index is 11.3. The molecule has 0 saturated carbocycles. The Morgan fingerprint density at radius 1 is 1.50 bits per heavy atom. The normalized spacial score (nSPS) is 21.4. The molecule has 1 N–H and O–H groups in total. The van der Waals surface area contributed by atoms with Crippen LogP contribution in [0.25, 0.3) is 0 Å². The maximum absolute atomic E-state index is 11.3. The third kappa shape index (κ3) is 2.67. The number of ether oxygens (including phenoxy) is 1. The summed E-state index contributed by atoms with van der Waals surface area (Å²) in [5, 5.41) is 8.97. The summed E-state index contributed by atoms with van der Waals surface area (Å²) in [5.41, 5.74) is -0.951. The summed E-state index contributed by atoms with van der Waals surface area (Å²) >= 11 is 0. The van der Waals surface area contributed by atoms with Crippen molar-refractivity contribution in [3.8, 4) is 6.07 Å². The first-order valence-electron chi connectivity index (χ1n) is 4.54. The van der Waals surface area contributed by atoms with Crippen LogP contribution in [-0.4, -0.2) is 32.9 Å². The molecule has 0 radical (unpaired) electrons. The Hall–Kier alpha value is -0.640. The SMILES string of the molecule is CCS(=O)(=O)NC1(C#N)CCOCC1. The Morgan fingerprint density at radius 3 is 2.50 bits per heavy atom. The van der Waals surface area contributed by atoms with Crippen LogP contribution in [0.4, 0.5) is 0 Å². The highest BCUT2D eigenvalue weighted by Crippen LogP contribution is 2.20. The molecule has 0 amide bonds. The molecule has 80 valence electrons. The van der Waals surface area contributed by atoms with Crippen LogP contribution in [-0.2, 0) is 14.8 Å². The van der Waals surface area contributed by atoms with Gasteiger partial charge in [0.15, 0.2) is 0 Å². The summed E-state index contributed by atoms with van der Waals surface area (Å²) in [4.78, 5) is 0. The average molecular weight is 218 g/mol. The van der Waals surface area contributed by atoms with Gasteiger partial charge in [-0.1, -0.05) is 0 Å². The minimum absolute atomic E-state index is 0.00269. The van der Waals surface area contributed by atoms with Crippen LogP contribution in [0.15, 0.2) is 0 Å². The van der Waals surface area contributed by atoms with E-state index < -0.39 is 15.6 Å². The van der Waals surface area contributed by atoms with E-state index in [4.69, 9.17) is 10.00 Å². The topological polar surface area (TPSA) is 79.2 Å². The van der Waals surface area contributed by atoms with E-state index in [-0.39, 0.29) is 5.75 Å². The van der Waals surface area contributed by atoms with E-state index in [1.165, 1.54) is 0 Å². The zero-order chi connectivity index (χ0) is 10.7. The fourth-order valence-corrected chi connectivity index (χ4v) is 2.32. The van der Waals surface area contributed by atoms with Gasteiger partial charge in [0.05, 0.1) is 11.8 Å². The lowest BCUT2D eigenvalue weighted by Gasteiger charge is -2.30. The van der Waals surface area contributed by atoms with E-state index in [1.807, 2.05) is 6.07 Å². The summed E-state index contributed by atoms with van der Waals surface area (Å²) in [6, 6.07) is 2.04. The van der Waals surface area contributed by atoms with Crippen molar-refractivity contribution < 1.29 is 13.2 Å². The van der Waals surface area contributed by atoms with Crippen molar-refractivity contribution in [3.63, 3.8) is 0 Å². The highest BCUT2D eigenvalue weighted by atomic mass is 32.2. The Labute approximate surface area is 84.1 Å². The Bertz CT molecular complexity index is 325. The van der Waals surface area contributed by atoms with Gasteiger partial charge in [-0.2, -0.15) is 9.98 Å². The van der Waals surface area contributed by atoms with Crippen molar-refractivity contribution in [2.45, 2.75) is 25.3 Å². The van der Waals surface area contributed by atoms with Crippen molar-refractivity contribution in [3.05, 3.63) is 0 Å². The molecule has 1 fully saturated rings. The number of nitrogens with one attached hydrogen (secondary N) is 1. The molecule has 6 heteroatoms. The monoisotopic (exact) mass is 218 g/mol. The van der Waals surface area contributed by atoms with Crippen LogP contribution >= 0.6 is 0 Å². The van der Waals surface area contributed by atoms with Crippen molar-refractivity contribution in [2.24, 2.45) is 0 Å². The number of hydrogen-bond acceptors (Lipinski definition) is 4. The molecule has 1 rings (SSSR count). The van der Waals surface area contributed by atoms with E-state index in [1.54, 1.807) is 6.92 Å². The molecular weight excluding hydrogens is 204 g/mol. The molecule has 0 atom stereocenters. The van der Waals surface area contributed by atoms with Gasteiger partial charge in [0, 0.05) is 26.1 Å².